The molecule has 0 aliphatic carbocycles. The first-order valence-corrected chi connectivity index (χ1v) is 9.64. The first-order chi connectivity index (χ1) is 13.1. The van der Waals surface area contributed by atoms with Gasteiger partial charge in [0.15, 0.2) is 0 Å². The van der Waals surface area contributed by atoms with Crippen molar-refractivity contribution in [3.05, 3.63) is 71.4 Å². The maximum absolute atomic E-state index is 11.6. The maximum Gasteiger partial charge on any atom is 0.306 e. The fourth-order valence-electron chi connectivity index (χ4n) is 4.36. The molecule has 2 aromatic carbocycles. The summed E-state index contributed by atoms with van der Waals surface area (Å²) in [5, 5.41) is 10.7. The third-order valence-corrected chi connectivity index (χ3v) is 5.80. The number of H-pyrrole nitrogens is 1. The van der Waals surface area contributed by atoms with Crippen LogP contribution in [-0.4, -0.2) is 22.7 Å². The van der Waals surface area contributed by atoms with Gasteiger partial charge in [-0.3, -0.25) is 4.79 Å². The first-order valence-electron chi connectivity index (χ1n) is 9.64. The number of carbonyl (C=O) groups is 1. The second kappa shape index (κ2) is 7.20. The van der Waals surface area contributed by atoms with E-state index in [0.29, 0.717) is 13.0 Å². The van der Waals surface area contributed by atoms with E-state index in [-0.39, 0.29) is 12.3 Å². The average Bonchev–Trinajstić information content (AvgIpc) is 3.08. The molecule has 27 heavy (non-hydrogen) atoms. The molecule has 0 spiro atoms. The maximum atomic E-state index is 11.6. The summed E-state index contributed by atoms with van der Waals surface area (Å²) in [6, 6.07) is 18.7. The van der Waals surface area contributed by atoms with Crippen LogP contribution in [0.5, 0.6) is 0 Å². The Morgan fingerprint density at radius 3 is 2.67 bits per heavy atom. The molecular formula is C23H25NO3. The average molecular weight is 363 g/mol. The van der Waals surface area contributed by atoms with Crippen molar-refractivity contribution in [1.29, 1.82) is 0 Å². The molecule has 4 nitrogen and oxygen atoms in total. The number of aromatic amines is 1. The number of aromatic nitrogens is 1. The number of hydrogen-bond acceptors (Lipinski definition) is 2. The molecule has 1 aromatic heterocycles. The van der Waals surface area contributed by atoms with Crippen LogP contribution in [0, 0.1) is 0 Å². The van der Waals surface area contributed by atoms with E-state index in [1.165, 1.54) is 16.5 Å². The molecule has 0 fully saturated rings. The second-order valence-electron chi connectivity index (χ2n) is 7.41. The van der Waals surface area contributed by atoms with E-state index in [9.17, 15) is 9.90 Å². The van der Waals surface area contributed by atoms with Crippen LogP contribution in [0.1, 0.15) is 48.9 Å². The van der Waals surface area contributed by atoms with Gasteiger partial charge in [-0.05, 0) is 36.5 Å². The summed E-state index contributed by atoms with van der Waals surface area (Å²) in [7, 11) is 0. The first kappa shape index (κ1) is 17.8. The molecule has 0 bridgehead atoms. The molecule has 3 aromatic rings. The van der Waals surface area contributed by atoms with Gasteiger partial charge in [0.25, 0.3) is 0 Å². The van der Waals surface area contributed by atoms with Crippen molar-refractivity contribution >= 4 is 16.9 Å². The van der Waals surface area contributed by atoms with E-state index in [1.54, 1.807) is 0 Å². The Balaban J connectivity index is 1.74. The summed E-state index contributed by atoms with van der Waals surface area (Å²) in [5.41, 5.74) is 3.80. The van der Waals surface area contributed by atoms with Gasteiger partial charge in [-0.25, -0.2) is 0 Å². The zero-order valence-corrected chi connectivity index (χ0v) is 15.6. The van der Waals surface area contributed by atoms with Crippen LogP contribution in [-0.2, 0) is 21.6 Å². The normalized spacial score (nSPS) is 21.9. The molecule has 0 amide bonds. The highest BCUT2D eigenvalue weighted by Crippen LogP contribution is 2.46. The lowest BCUT2D eigenvalue weighted by Gasteiger charge is -2.39. The fraction of sp³-hybridized carbons (Fsp3) is 0.348. The molecule has 2 atom stereocenters. The van der Waals surface area contributed by atoms with Crippen LogP contribution in [0.2, 0.25) is 0 Å². The number of fused-ring (bicyclic) bond motifs is 3. The SMILES string of the molecule is CCC1(CC(=O)O)OC[C@H](CCc2ccccc2)c2c1[nH]c1ccccc21. The van der Waals surface area contributed by atoms with Gasteiger partial charge in [0.2, 0.25) is 0 Å². The number of para-hydroxylation sites is 1. The number of aliphatic carboxylic acids is 1. The number of aryl methyl sites for hydroxylation is 1. The van der Waals surface area contributed by atoms with Gasteiger partial charge in [0.1, 0.15) is 5.60 Å². The molecule has 1 unspecified atom stereocenters. The van der Waals surface area contributed by atoms with E-state index in [2.05, 4.69) is 41.4 Å². The Kier molecular flexibility index (Phi) is 4.75. The molecule has 4 rings (SSSR count). The van der Waals surface area contributed by atoms with Crippen molar-refractivity contribution in [3.63, 3.8) is 0 Å². The Morgan fingerprint density at radius 1 is 1.19 bits per heavy atom. The molecule has 2 heterocycles. The largest absolute Gasteiger partial charge is 0.481 e. The van der Waals surface area contributed by atoms with E-state index in [0.717, 1.165) is 24.1 Å². The van der Waals surface area contributed by atoms with Crippen LogP contribution in [0.4, 0.5) is 0 Å². The Hall–Kier alpha value is -2.59. The predicted molar refractivity (Wildman–Crippen MR) is 106 cm³/mol. The topological polar surface area (TPSA) is 62.3 Å². The summed E-state index contributed by atoms with van der Waals surface area (Å²) < 4.78 is 6.27. The number of nitrogens with one attached hydrogen (secondary N) is 1. The van der Waals surface area contributed by atoms with Crippen molar-refractivity contribution in [2.75, 3.05) is 6.61 Å². The van der Waals surface area contributed by atoms with Crippen LogP contribution in [0.15, 0.2) is 54.6 Å². The highest BCUT2D eigenvalue weighted by atomic mass is 16.5. The van der Waals surface area contributed by atoms with Gasteiger partial charge < -0.3 is 14.8 Å². The number of rotatable bonds is 6. The Morgan fingerprint density at radius 2 is 1.93 bits per heavy atom. The molecule has 2 N–H and O–H groups in total. The van der Waals surface area contributed by atoms with Gasteiger partial charge in [0.05, 0.1) is 18.7 Å². The lowest BCUT2D eigenvalue weighted by atomic mass is 9.80. The van der Waals surface area contributed by atoms with Crippen molar-refractivity contribution in [3.8, 4) is 0 Å². The number of carboxylic acids is 1. The standard InChI is InChI=1S/C23H25NO3/c1-2-23(14-20(25)26)22-21(18-10-6-7-11-19(18)24-22)17(15-27-23)13-12-16-8-4-3-5-9-16/h3-11,17,24H,2,12-15H2,1H3,(H,25,26)/t17-,23?/m0/s1. The van der Waals surface area contributed by atoms with Gasteiger partial charge in [-0.2, -0.15) is 0 Å². The number of carboxylic acid groups (broad SMARTS) is 1. The molecule has 0 radical (unpaired) electrons. The van der Waals surface area contributed by atoms with Crippen LogP contribution in [0.25, 0.3) is 10.9 Å². The summed E-state index contributed by atoms with van der Waals surface area (Å²) in [4.78, 5) is 15.1. The summed E-state index contributed by atoms with van der Waals surface area (Å²) in [6.45, 7) is 2.56. The Labute approximate surface area is 159 Å². The van der Waals surface area contributed by atoms with Gasteiger partial charge >= 0.3 is 5.97 Å². The minimum atomic E-state index is -0.829. The van der Waals surface area contributed by atoms with Crippen molar-refractivity contribution in [1.82, 2.24) is 4.98 Å². The zero-order chi connectivity index (χ0) is 18.9. The predicted octanol–water partition coefficient (Wildman–Crippen LogP) is 4.99. The quantitative estimate of drug-likeness (QED) is 0.648. The van der Waals surface area contributed by atoms with Gasteiger partial charge in [-0.15, -0.1) is 0 Å². The van der Waals surface area contributed by atoms with Crippen LogP contribution >= 0.6 is 0 Å². The summed E-state index contributed by atoms with van der Waals surface area (Å²) in [5.74, 6) is -0.575. The minimum absolute atomic E-state index is 0.0191. The van der Waals surface area contributed by atoms with Crippen molar-refractivity contribution in [2.45, 2.75) is 44.1 Å². The van der Waals surface area contributed by atoms with E-state index >= 15 is 0 Å². The van der Waals surface area contributed by atoms with E-state index < -0.39 is 11.6 Å². The minimum Gasteiger partial charge on any atom is -0.481 e. The molecule has 140 valence electrons. The van der Waals surface area contributed by atoms with E-state index in [1.807, 2.05) is 25.1 Å². The summed E-state index contributed by atoms with van der Waals surface area (Å²) in [6.07, 6.45) is 2.57. The van der Waals surface area contributed by atoms with Crippen molar-refractivity contribution in [2.24, 2.45) is 0 Å². The zero-order valence-electron chi connectivity index (χ0n) is 15.6. The van der Waals surface area contributed by atoms with E-state index in [4.69, 9.17) is 4.74 Å². The van der Waals surface area contributed by atoms with Crippen molar-refractivity contribution < 1.29 is 14.6 Å². The molecule has 0 saturated heterocycles. The number of ether oxygens (including phenoxy) is 1. The third kappa shape index (κ3) is 3.26. The van der Waals surface area contributed by atoms with Crippen LogP contribution in [0.3, 0.4) is 0 Å². The third-order valence-electron chi connectivity index (χ3n) is 5.80. The number of hydrogen-bond donors (Lipinski definition) is 2. The lowest BCUT2D eigenvalue weighted by Crippen LogP contribution is -2.39. The molecule has 1 aliphatic rings. The summed E-state index contributed by atoms with van der Waals surface area (Å²) >= 11 is 0. The highest BCUT2D eigenvalue weighted by molar-refractivity contribution is 5.86. The smallest absolute Gasteiger partial charge is 0.306 e. The molecular weight excluding hydrogens is 338 g/mol. The molecule has 4 heteroatoms. The second-order valence-corrected chi connectivity index (χ2v) is 7.41. The van der Waals surface area contributed by atoms with Crippen LogP contribution < -0.4 is 0 Å². The van der Waals surface area contributed by atoms with Gasteiger partial charge in [-0.1, -0.05) is 55.5 Å². The van der Waals surface area contributed by atoms with Gasteiger partial charge in [0, 0.05) is 16.8 Å². The monoisotopic (exact) mass is 363 g/mol. The fourth-order valence-corrected chi connectivity index (χ4v) is 4.36. The number of benzene rings is 2. The molecule has 0 saturated carbocycles. The lowest BCUT2D eigenvalue weighted by molar-refractivity contribution is -0.149. The Bertz CT molecular complexity index is 947. The molecule has 1 aliphatic heterocycles. The highest BCUT2D eigenvalue weighted by Gasteiger charge is 2.43.